The molecule has 2 aromatic carbocycles. The van der Waals surface area contributed by atoms with E-state index >= 15 is 0 Å². The molecule has 1 atom stereocenters. The number of hydrogen-bond donors (Lipinski definition) is 2. The predicted octanol–water partition coefficient (Wildman–Crippen LogP) is 5.01. The molecule has 3 aromatic rings. The maximum absolute atomic E-state index is 14.9. The molecule has 3 N–H and O–H groups in total. The van der Waals surface area contributed by atoms with Gasteiger partial charge in [-0.15, -0.1) is 0 Å². The Hall–Kier alpha value is -3.25. The number of anilines is 1. The van der Waals surface area contributed by atoms with Crippen LogP contribution in [0.4, 0.5) is 10.2 Å². The van der Waals surface area contributed by atoms with Crippen molar-refractivity contribution >= 4 is 11.7 Å². The first kappa shape index (κ1) is 22.5. The van der Waals surface area contributed by atoms with E-state index in [1.54, 1.807) is 12.1 Å². The minimum absolute atomic E-state index is 0.0618. The lowest BCUT2D eigenvalue weighted by Gasteiger charge is -2.35. The number of nitrogens with zero attached hydrogens (tertiary/aromatic N) is 2. The number of fused-ring (bicyclic) bond motifs is 1. The van der Waals surface area contributed by atoms with Crippen molar-refractivity contribution in [2.75, 3.05) is 25.4 Å². The van der Waals surface area contributed by atoms with Gasteiger partial charge in [0.2, 0.25) is 5.95 Å². The largest absolute Gasteiger partial charge is 0.383 e. The summed E-state index contributed by atoms with van der Waals surface area (Å²) in [6.07, 6.45) is 3.14. The zero-order valence-electron chi connectivity index (χ0n) is 19.8. The molecule has 1 aromatic heterocycles. The van der Waals surface area contributed by atoms with Gasteiger partial charge in [0.05, 0.1) is 0 Å². The molecule has 0 bridgehead atoms. The highest BCUT2D eigenvalue weighted by atomic mass is 19.1. The molecule has 0 spiro atoms. The Morgan fingerprint density at radius 2 is 1.82 bits per heavy atom. The Kier molecular flexibility index (Phi) is 6.09. The van der Waals surface area contributed by atoms with Gasteiger partial charge in [0.1, 0.15) is 5.82 Å². The monoisotopic (exact) mass is 458 g/mol. The Morgan fingerprint density at radius 3 is 2.59 bits per heavy atom. The second kappa shape index (κ2) is 9.18. The summed E-state index contributed by atoms with van der Waals surface area (Å²) < 4.78 is 14.9. The molecule has 34 heavy (non-hydrogen) atoms. The van der Waals surface area contributed by atoms with Crippen molar-refractivity contribution < 1.29 is 9.18 Å². The minimum Gasteiger partial charge on any atom is -0.383 e. The lowest BCUT2D eigenvalue weighted by molar-refractivity contribution is 0.0946. The van der Waals surface area contributed by atoms with Crippen LogP contribution in [-0.2, 0) is 6.42 Å². The average molecular weight is 459 g/mol. The Morgan fingerprint density at radius 1 is 1.06 bits per heavy atom. The van der Waals surface area contributed by atoms with E-state index in [0.717, 1.165) is 36.2 Å². The Bertz CT molecular complexity index is 1220. The molecule has 2 aliphatic rings. The first-order chi connectivity index (χ1) is 16.4. The summed E-state index contributed by atoms with van der Waals surface area (Å²) in [6.45, 7) is 7.33. The number of benzene rings is 2. The van der Waals surface area contributed by atoms with Crippen LogP contribution in [0, 0.1) is 5.95 Å². The van der Waals surface area contributed by atoms with Crippen molar-refractivity contribution in [1.82, 2.24) is 15.2 Å². The SMILES string of the molecule is CC(C)N1CCCC(c2ccc(-c3cc(-c4ccc5c(c4)CCNC5=O)c(N)nc3F)cc2)C1. The molecular weight excluding hydrogens is 427 g/mol. The fourth-order valence-corrected chi connectivity index (χ4v) is 5.22. The summed E-state index contributed by atoms with van der Waals surface area (Å²) >= 11 is 0. The fourth-order valence-electron chi connectivity index (χ4n) is 5.22. The van der Waals surface area contributed by atoms with E-state index in [-0.39, 0.29) is 11.7 Å². The number of nitrogen functional groups attached to an aromatic ring is 1. The molecular formula is C28H31FN4O. The highest BCUT2D eigenvalue weighted by Crippen LogP contribution is 2.34. The first-order valence-electron chi connectivity index (χ1n) is 12.1. The summed E-state index contributed by atoms with van der Waals surface area (Å²) in [7, 11) is 0. The standard InChI is InChI=1S/C28H31FN4O/c1-17(2)33-13-3-4-22(16-33)18-5-7-19(8-6-18)24-15-25(27(30)32-26(24)29)20-9-10-23-21(14-20)11-12-31-28(23)34/h5-10,14-15,17,22H,3-4,11-13,16H2,1-2H3,(H2,30,32)(H,31,34). The van der Waals surface area contributed by atoms with Crippen LogP contribution in [0.3, 0.4) is 0 Å². The normalized spacial score (nSPS) is 18.6. The Balaban J connectivity index is 1.45. The minimum atomic E-state index is -0.574. The lowest BCUT2D eigenvalue weighted by atomic mass is 9.89. The molecule has 1 amide bonds. The van der Waals surface area contributed by atoms with E-state index in [1.165, 1.54) is 18.4 Å². The molecule has 2 aliphatic heterocycles. The van der Waals surface area contributed by atoms with Gasteiger partial charge < -0.3 is 16.0 Å². The summed E-state index contributed by atoms with van der Waals surface area (Å²) in [6, 6.07) is 16.2. The molecule has 3 heterocycles. The van der Waals surface area contributed by atoms with Gasteiger partial charge in [-0.25, -0.2) is 4.98 Å². The summed E-state index contributed by atoms with van der Waals surface area (Å²) in [5, 5.41) is 2.85. The number of hydrogen-bond acceptors (Lipinski definition) is 4. The van der Waals surface area contributed by atoms with Crippen molar-refractivity contribution in [3.05, 3.63) is 71.2 Å². The van der Waals surface area contributed by atoms with Crippen LogP contribution in [-0.4, -0.2) is 41.5 Å². The van der Waals surface area contributed by atoms with Crippen molar-refractivity contribution in [2.45, 2.75) is 45.1 Å². The molecule has 0 radical (unpaired) electrons. The maximum atomic E-state index is 14.9. The van der Waals surface area contributed by atoms with Crippen LogP contribution in [0.2, 0.25) is 0 Å². The number of amides is 1. The van der Waals surface area contributed by atoms with Crippen LogP contribution in [0.15, 0.2) is 48.5 Å². The highest BCUT2D eigenvalue weighted by Gasteiger charge is 2.23. The van der Waals surface area contributed by atoms with Crippen LogP contribution in [0.5, 0.6) is 0 Å². The third-order valence-electron chi connectivity index (χ3n) is 7.22. The maximum Gasteiger partial charge on any atom is 0.251 e. The van der Waals surface area contributed by atoms with E-state index in [4.69, 9.17) is 5.73 Å². The van der Waals surface area contributed by atoms with E-state index in [1.807, 2.05) is 24.3 Å². The predicted molar refractivity (Wildman–Crippen MR) is 134 cm³/mol. The van der Waals surface area contributed by atoms with Gasteiger partial charge in [0, 0.05) is 35.8 Å². The van der Waals surface area contributed by atoms with Gasteiger partial charge in [0.15, 0.2) is 0 Å². The number of nitrogens with two attached hydrogens (primary N) is 1. The molecule has 176 valence electrons. The molecule has 0 saturated carbocycles. The molecule has 5 nitrogen and oxygen atoms in total. The third kappa shape index (κ3) is 4.30. The lowest BCUT2D eigenvalue weighted by Crippen LogP contribution is -2.39. The van der Waals surface area contributed by atoms with Crippen LogP contribution >= 0.6 is 0 Å². The number of aromatic nitrogens is 1. The molecule has 1 saturated heterocycles. The van der Waals surface area contributed by atoms with E-state index in [0.29, 0.717) is 35.2 Å². The first-order valence-corrected chi connectivity index (χ1v) is 12.1. The quantitative estimate of drug-likeness (QED) is 0.539. The fraction of sp³-hybridized carbons (Fsp3) is 0.357. The van der Waals surface area contributed by atoms with Gasteiger partial charge >= 0.3 is 0 Å². The summed E-state index contributed by atoms with van der Waals surface area (Å²) in [4.78, 5) is 18.6. The van der Waals surface area contributed by atoms with E-state index < -0.39 is 5.95 Å². The molecule has 0 aliphatic carbocycles. The van der Waals surface area contributed by atoms with Crippen molar-refractivity contribution in [3.63, 3.8) is 0 Å². The highest BCUT2D eigenvalue weighted by molar-refractivity contribution is 5.97. The summed E-state index contributed by atoms with van der Waals surface area (Å²) in [5.41, 5.74) is 11.8. The zero-order chi connectivity index (χ0) is 23.8. The topological polar surface area (TPSA) is 71.2 Å². The van der Waals surface area contributed by atoms with Gasteiger partial charge in [-0.3, -0.25) is 4.79 Å². The number of piperidine rings is 1. The van der Waals surface area contributed by atoms with Crippen LogP contribution in [0.25, 0.3) is 22.3 Å². The number of pyridine rings is 1. The molecule has 1 fully saturated rings. The number of nitrogens with one attached hydrogen (secondary N) is 1. The number of carbonyl (C=O) groups is 1. The number of likely N-dealkylation sites (tertiary alicyclic amines) is 1. The average Bonchev–Trinajstić information content (AvgIpc) is 2.84. The van der Waals surface area contributed by atoms with Crippen LogP contribution < -0.4 is 11.1 Å². The number of halogens is 1. The second-order valence-corrected chi connectivity index (χ2v) is 9.69. The van der Waals surface area contributed by atoms with Crippen molar-refractivity contribution in [2.24, 2.45) is 0 Å². The van der Waals surface area contributed by atoms with Crippen LogP contribution in [0.1, 0.15) is 54.1 Å². The van der Waals surface area contributed by atoms with Crippen molar-refractivity contribution in [3.8, 4) is 22.3 Å². The van der Waals surface area contributed by atoms with E-state index in [2.05, 4.69) is 41.2 Å². The molecule has 6 heteroatoms. The smallest absolute Gasteiger partial charge is 0.251 e. The van der Waals surface area contributed by atoms with Gasteiger partial charge in [-0.2, -0.15) is 4.39 Å². The summed E-state index contributed by atoms with van der Waals surface area (Å²) in [5.74, 6) is 0.0140. The Labute approximate surface area is 200 Å². The van der Waals surface area contributed by atoms with E-state index in [9.17, 15) is 9.18 Å². The van der Waals surface area contributed by atoms with Gasteiger partial charge in [-0.1, -0.05) is 36.4 Å². The number of rotatable bonds is 4. The van der Waals surface area contributed by atoms with Gasteiger partial charge in [-0.05, 0) is 80.0 Å². The number of carbonyl (C=O) groups excluding carboxylic acids is 1. The molecule has 1 unspecified atom stereocenters. The second-order valence-electron chi connectivity index (χ2n) is 9.69. The van der Waals surface area contributed by atoms with Gasteiger partial charge in [0.25, 0.3) is 5.91 Å². The zero-order valence-corrected chi connectivity index (χ0v) is 19.8. The molecule has 5 rings (SSSR count). The third-order valence-corrected chi connectivity index (χ3v) is 7.22. The van der Waals surface area contributed by atoms with Crippen molar-refractivity contribution in [1.29, 1.82) is 0 Å².